The number of unbranched alkanes of at least 4 members (excludes halogenated alkanes) is 27. The topological polar surface area (TPSA) is 237 Å². The van der Waals surface area contributed by atoms with E-state index in [1.54, 1.807) is 0 Å². The average Bonchev–Trinajstić information content (AvgIpc) is 0.986. The van der Waals surface area contributed by atoms with Crippen LogP contribution in [0.2, 0.25) is 0 Å². The quantitative estimate of drug-likeness (QED) is 0.0169. The predicted octanol–water partition coefficient (Wildman–Crippen LogP) is 21.8. The van der Waals surface area contributed by atoms with Crippen LogP contribution in [0.25, 0.3) is 0 Å². The van der Waals surface area contributed by atoms with Crippen LogP contribution in [0.4, 0.5) is 0 Å². The molecule has 3 N–H and O–H groups in total. The molecule has 0 aromatic rings. The Morgan fingerprint density at radius 3 is 0.878 bits per heavy atom. The molecule has 0 aliphatic carbocycles. The van der Waals surface area contributed by atoms with E-state index in [-0.39, 0.29) is 25.7 Å². The third kappa shape index (κ3) is 70.2. The Morgan fingerprint density at radius 1 is 0.296 bits per heavy atom. The highest BCUT2D eigenvalue weighted by Crippen LogP contribution is 2.45. The highest BCUT2D eigenvalue weighted by Gasteiger charge is 2.30. The Bertz CT molecular complexity index is 2290. The fourth-order valence-corrected chi connectivity index (χ4v) is 11.5. The molecule has 98 heavy (non-hydrogen) atoms. The zero-order chi connectivity index (χ0) is 71.8. The summed E-state index contributed by atoms with van der Waals surface area (Å²) in [6, 6.07) is 0. The molecule has 19 heteroatoms. The van der Waals surface area contributed by atoms with Crippen LogP contribution in [-0.2, 0) is 65.4 Å². The van der Waals surface area contributed by atoms with Gasteiger partial charge in [-0.25, -0.2) is 9.13 Å². The minimum atomic E-state index is -4.98. The van der Waals surface area contributed by atoms with Crippen LogP contribution in [-0.4, -0.2) is 96.7 Å². The lowest BCUT2D eigenvalue weighted by Gasteiger charge is -2.21. The van der Waals surface area contributed by atoms with Crippen LogP contribution >= 0.6 is 15.6 Å². The Kier molecular flexibility index (Phi) is 68.0. The van der Waals surface area contributed by atoms with Crippen LogP contribution in [0.3, 0.4) is 0 Å². The fraction of sp³-hybridized carbons (Fsp3) is 0.722. The first-order valence-electron chi connectivity index (χ1n) is 38.1. The van der Waals surface area contributed by atoms with Crippen molar-refractivity contribution in [2.45, 2.75) is 329 Å². The van der Waals surface area contributed by atoms with E-state index in [2.05, 4.69) is 137 Å². The summed E-state index contributed by atoms with van der Waals surface area (Å²) in [6.45, 7) is 4.54. The van der Waals surface area contributed by atoms with E-state index in [4.69, 9.17) is 37.0 Å². The second kappa shape index (κ2) is 71.1. The minimum absolute atomic E-state index is 0.0770. The zero-order valence-electron chi connectivity index (χ0n) is 61.4. The number of rotatable bonds is 71. The zero-order valence-corrected chi connectivity index (χ0v) is 63.2. The van der Waals surface area contributed by atoms with Gasteiger partial charge >= 0.3 is 39.5 Å². The lowest BCUT2D eigenvalue weighted by atomic mass is 10.0. The van der Waals surface area contributed by atoms with E-state index in [0.29, 0.717) is 25.7 Å². The minimum Gasteiger partial charge on any atom is -0.462 e. The molecule has 5 unspecified atom stereocenters. The van der Waals surface area contributed by atoms with Gasteiger partial charge in [0.2, 0.25) is 0 Å². The van der Waals surface area contributed by atoms with E-state index in [1.807, 2.05) is 0 Å². The van der Waals surface area contributed by atoms with Crippen molar-refractivity contribution in [3.8, 4) is 0 Å². The first-order chi connectivity index (χ1) is 47.7. The molecule has 564 valence electrons. The van der Waals surface area contributed by atoms with Crippen LogP contribution in [0.15, 0.2) is 109 Å². The van der Waals surface area contributed by atoms with Crippen LogP contribution < -0.4 is 0 Å². The first-order valence-corrected chi connectivity index (χ1v) is 41.1. The normalized spacial score (nSPS) is 14.6. The molecular formula is C79H136O17P2. The molecule has 0 radical (unpaired) electrons. The molecular weight excluding hydrogens is 1280 g/mol. The number of esters is 4. The third-order valence-electron chi connectivity index (χ3n) is 15.7. The van der Waals surface area contributed by atoms with Gasteiger partial charge in [-0.05, 0) is 122 Å². The van der Waals surface area contributed by atoms with E-state index in [0.717, 1.165) is 154 Å². The largest absolute Gasteiger partial charge is 0.472 e. The monoisotopic (exact) mass is 1420 g/mol. The third-order valence-corrected chi connectivity index (χ3v) is 17.6. The number of aliphatic hydroxyl groups is 1. The maximum Gasteiger partial charge on any atom is 0.472 e. The van der Waals surface area contributed by atoms with Gasteiger partial charge < -0.3 is 33.8 Å². The maximum atomic E-state index is 13.1. The van der Waals surface area contributed by atoms with Crippen molar-refractivity contribution >= 4 is 39.5 Å². The van der Waals surface area contributed by atoms with Crippen molar-refractivity contribution in [2.75, 3.05) is 39.6 Å². The van der Waals surface area contributed by atoms with Gasteiger partial charge in [-0.15, -0.1) is 0 Å². The number of allylic oxidation sites excluding steroid dienone is 18. The summed E-state index contributed by atoms with van der Waals surface area (Å²) in [5.74, 6) is -2.25. The molecule has 0 aliphatic rings. The number of ether oxygens (including phenoxy) is 4. The summed E-state index contributed by atoms with van der Waals surface area (Å²) < 4.78 is 68.4. The molecule has 0 aromatic heterocycles. The number of hydrogen-bond donors (Lipinski definition) is 3. The van der Waals surface area contributed by atoms with Gasteiger partial charge in [-0.1, -0.05) is 272 Å². The highest BCUT2D eigenvalue weighted by atomic mass is 31.2. The first kappa shape index (κ1) is 93.7. The number of carbonyl (C=O) groups excluding carboxylic acids is 4. The molecule has 0 saturated carbocycles. The predicted molar refractivity (Wildman–Crippen MR) is 399 cm³/mol. The van der Waals surface area contributed by atoms with E-state index in [9.17, 15) is 43.2 Å². The molecule has 17 nitrogen and oxygen atoms in total. The van der Waals surface area contributed by atoms with E-state index < -0.39 is 97.5 Å². The van der Waals surface area contributed by atoms with Gasteiger partial charge in [0.05, 0.1) is 26.4 Å². The summed E-state index contributed by atoms with van der Waals surface area (Å²) in [7, 11) is -9.96. The summed E-state index contributed by atoms with van der Waals surface area (Å²) in [5, 5.41) is 10.6. The Labute approximate surface area is 594 Å². The molecule has 0 fully saturated rings. The molecule has 0 amide bonds. The van der Waals surface area contributed by atoms with Gasteiger partial charge in [-0.3, -0.25) is 37.3 Å². The second-order valence-corrected chi connectivity index (χ2v) is 28.1. The summed E-state index contributed by atoms with van der Waals surface area (Å²) in [5.41, 5.74) is 0. The van der Waals surface area contributed by atoms with Gasteiger partial charge in [-0.2, -0.15) is 0 Å². The SMILES string of the molecule is CC/C=C\C/C=C\C/C=C\C/C=C\CCCCCCC(=O)OCC(COP(=O)(O)OCC(O)COP(=O)(O)OCC(COC(=O)CCCC/C=C\C/C=C\C/C=C\C/C=C\CC)OC(=O)CCCCCCCCCCCCCCCCC)OC(=O)CCCCCCC/C=C\CCCC. The lowest BCUT2D eigenvalue weighted by Crippen LogP contribution is -2.30. The maximum absolute atomic E-state index is 13.1. The van der Waals surface area contributed by atoms with Gasteiger partial charge in [0.15, 0.2) is 12.2 Å². The number of phosphoric acid groups is 2. The summed E-state index contributed by atoms with van der Waals surface area (Å²) in [4.78, 5) is 72.8. The molecule has 0 bridgehead atoms. The van der Waals surface area contributed by atoms with Crippen molar-refractivity contribution in [3.63, 3.8) is 0 Å². The molecule has 0 spiro atoms. The van der Waals surface area contributed by atoms with E-state index in [1.165, 1.54) is 77.0 Å². The van der Waals surface area contributed by atoms with Crippen LogP contribution in [0.5, 0.6) is 0 Å². The number of carbonyl (C=O) groups is 4. The molecule has 0 saturated heterocycles. The average molecular weight is 1420 g/mol. The van der Waals surface area contributed by atoms with Crippen molar-refractivity contribution in [3.05, 3.63) is 109 Å². The fourth-order valence-electron chi connectivity index (χ4n) is 9.95. The van der Waals surface area contributed by atoms with Crippen LogP contribution in [0, 0.1) is 0 Å². The second-order valence-electron chi connectivity index (χ2n) is 25.2. The molecule has 5 atom stereocenters. The van der Waals surface area contributed by atoms with Gasteiger partial charge in [0.1, 0.15) is 19.3 Å². The van der Waals surface area contributed by atoms with Crippen LogP contribution in [0.1, 0.15) is 310 Å². The molecule has 0 heterocycles. The van der Waals surface area contributed by atoms with Crippen molar-refractivity contribution in [1.29, 1.82) is 0 Å². The Hall–Kier alpha value is -4.28. The highest BCUT2D eigenvalue weighted by molar-refractivity contribution is 7.47. The number of hydrogen-bond acceptors (Lipinski definition) is 15. The van der Waals surface area contributed by atoms with Gasteiger partial charge in [0.25, 0.3) is 0 Å². The summed E-state index contributed by atoms with van der Waals surface area (Å²) >= 11 is 0. The molecule has 0 aliphatic heterocycles. The molecule has 0 aromatic carbocycles. The van der Waals surface area contributed by atoms with Crippen molar-refractivity contribution < 1.29 is 80.2 Å². The standard InChI is InChI=1S/C79H136O17P2/c1-5-9-13-17-21-25-29-32-35-36-39-41-45-48-52-56-60-64-77(82)89-69-74(95-78(83)65-61-57-53-49-43-28-24-20-16-12-8-4)71-93-97(85,86)91-67-73(80)68-92-98(87,88)94-72-75(96-79(84)66-62-58-54-50-46-42-38-34-31-27-23-19-15-11-7-3)70-90-76(81)63-59-55-51-47-44-40-37-33-30-26-22-18-14-10-6-2/h9-10,13-14,20-22,24-26,32-33,35,37,39,41,44,47,73-75,80H,5-8,11-12,15-19,23,27-31,34,36,38,40,42-43,45-46,48-72H2,1-4H3,(H,85,86)(H,87,88)/b13-9-,14-10-,24-20-,25-21-,26-22-,35-32-,37-33-,41-39-,47-44-. The molecule has 0 rings (SSSR count). The smallest absolute Gasteiger partial charge is 0.462 e. The Morgan fingerprint density at radius 2 is 0.541 bits per heavy atom. The van der Waals surface area contributed by atoms with Crippen molar-refractivity contribution in [1.82, 2.24) is 0 Å². The van der Waals surface area contributed by atoms with Crippen molar-refractivity contribution in [2.24, 2.45) is 0 Å². The van der Waals surface area contributed by atoms with E-state index >= 15 is 0 Å². The summed E-state index contributed by atoms with van der Waals surface area (Å²) in [6.07, 6.45) is 75.2. The Balaban J connectivity index is 5.37. The van der Waals surface area contributed by atoms with Gasteiger partial charge in [0, 0.05) is 25.7 Å². The lowest BCUT2D eigenvalue weighted by molar-refractivity contribution is -0.161. The number of phosphoric ester groups is 2. The number of aliphatic hydroxyl groups excluding tert-OH is 1.